The largest absolute Gasteiger partial charge is 0.480 e. The Morgan fingerprint density at radius 3 is 2.80 bits per heavy atom. The number of hydrogen-bond donors (Lipinski definition) is 4. The van der Waals surface area contributed by atoms with E-state index in [1.165, 1.54) is 0 Å². The van der Waals surface area contributed by atoms with E-state index in [1.807, 2.05) is 6.92 Å². The number of carboxylic acids is 1. The van der Waals surface area contributed by atoms with E-state index < -0.39 is 19.1 Å². The summed E-state index contributed by atoms with van der Waals surface area (Å²) in [5.74, 6) is -0.820. The van der Waals surface area contributed by atoms with Gasteiger partial charge in [0.25, 0.3) is 0 Å². The van der Waals surface area contributed by atoms with Crippen LogP contribution in [0.1, 0.15) is 26.2 Å². The number of hydrogen-bond acceptors (Lipinski definition) is 4. The van der Waals surface area contributed by atoms with Crippen molar-refractivity contribution in [3.63, 3.8) is 0 Å². The van der Waals surface area contributed by atoms with E-state index in [1.54, 1.807) is 0 Å². The van der Waals surface area contributed by atoms with Crippen molar-refractivity contribution < 1.29 is 19.9 Å². The van der Waals surface area contributed by atoms with Crippen LogP contribution in [0, 0.1) is 5.41 Å². The molecule has 86 valence electrons. The molecule has 0 aromatic carbocycles. The summed E-state index contributed by atoms with van der Waals surface area (Å²) >= 11 is 0. The summed E-state index contributed by atoms with van der Waals surface area (Å²) in [6, 6.07) is -0.506. The summed E-state index contributed by atoms with van der Waals surface area (Å²) in [7, 11) is -1.29. The zero-order chi connectivity index (χ0) is 11.5. The highest BCUT2D eigenvalue weighted by Gasteiger charge is 2.42. The summed E-state index contributed by atoms with van der Waals surface area (Å²) in [6.07, 6.45) is 2.47. The minimum atomic E-state index is -1.29. The first-order chi connectivity index (χ1) is 6.96. The van der Waals surface area contributed by atoms with Crippen LogP contribution in [0.3, 0.4) is 0 Å². The predicted octanol–water partition coefficient (Wildman–Crippen LogP) is -0.308. The summed E-state index contributed by atoms with van der Waals surface area (Å²) in [5.41, 5.74) is -0.263. The molecule has 0 amide bonds. The van der Waals surface area contributed by atoms with Gasteiger partial charge in [-0.2, -0.15) is 0 Å². The van der Waals surface area contributed by atoms with Gasteiger partial charge in [-0.3, -0.25) is 4.79 Å². The lowest BCUT2D eigenvalue weighted by molar-refractivity contribution is -0.141. The molecule has 5 nitrogen and oxygen atoms in total. The Bertz CT molecular complexity index is 236. The molecule has 6 heteroatoms. The number of nitrogens with one attached hydrogen (secondary N) is 1. The molecule has 15 heavy (non-hydrogen) atoms. The number of aliphatic carboxylic acids is 1. The second kappa shape index (κ2) is 4.96. The average Bonchev–Trinajstić information content (AvgIpc) is 2.46. The summed E-state index contributed by atoms with van der Waals surface area (Å²) in [6.45, 7) is 2.66. The lowest BCUT2D eigenvalue weighted by Crippen LogP contribution is -2.41. The van der Waals surface area contributed by atoms with E-state index in [9.17, 15) is 4.79 Å². The van der Waals surface area contributed by atoms with E-state index in [4.69, 9.17) is 15.2 Å². The molecule has 0 saturated carbocycles. The van der Waals surface area contributed by atoms with Gasteiger partial charge in [-0.1, -0.05) is 13.3 Å². The second-order valence-corrected chi connectivity index (χ2v) is 4.50. The normalized spacial score (nSPS) is 30.5. The van der Waals surface area contributed by atoms with Crippen LogP contribution in [0.4, 0.5) is 0 Å². The Morgan fingerprint density at radius 2 is 2.27 bits per heavy atom. The number of carboxylic acid groups (broad SMARTS) is 1. The topological polar surface area (TPSA) is 89.8 Å². The van der Waals surface area contributed by atoms with Crippen molar-refractivity contribution in [3.05, 3.63) is 0 Å². The molecule has 0 radical (unpaired) electrons. The van der Waals surface area contributed by atoms with E-state index in [-0.39, 0.29) is 5.41 Å². The third-order valence-corrected chi connectivity index (χ3v) is 3.20. The Labute approximate surface area is 89.6 Å². The van der Waals surface area contributed by atoms with Crippen LogP contribution in [-0.2, 0) is 4.79 Å². The first kappa shape index (κ1) is 12.5. The molecular weight excluding hydrogens is 197 g/mol. The zero-order valence-corrected chi connectivity index (χ0v) is 8.94. The van der Waals surface area contributed by atoms with Gasteiger partial charge in [0.15, 0.2) is 0 Å². The fourth-order valence-corrected chi connectivity index (χ4v) is 2.24. The van der Waals surface area contributed by atoms with E-state index >= 15 is 0 Å². The minimum absolute atomic E-state index is 0.263. The highest BCUT2D eigenvalue weighted by molar-refractivity contribution is 6.40. The van der Waals surface area contributed by atoms with Crippen molar-refractivity contribution in [2.75, 3.05) is 6.54 Å². The van der Waals surface area contributed by atoms with Gasteiger partial charge in [-0.25, -0.2) is 0 Å². The van der Waals surface area contributed by atoms with Gasteiger partial charge in [0.05, 0.1) is 0 Å². The van der Waals surface area contributed by atoms with Gasteiger partial charge < -0.3 is 20.5 Å². The second-order valence-electron chi connectivity index (χ2n) is 4.50. The van der Waals surface area contributed by atoms with Crippen LogP contribution in [0.5, 0.6) is 0 Å². The van der Waals surface area contributed by atoms with Crippen LogP contribution in [0.15, 0.2) is 0 Å². The first-order valence-electron chi connectivity index (χ1n) is 5.28. The Morgan fingerprint density at radius 1 is 1.60 bits per heavy atom. The van der Waals surface area contributed by atoms with Crippen LogP contribution in [-0.4, -0.2) is 40.8 Å². The molecule has 1 rings (SSSR count). The maximum Gasteiger partial charge on any atom is 0.451 e. The first-order valence-corrected chi connectivity index (χ1v) is 5.28. The summed E-state index contributed by atoms with van der Waals surface area (Å²) < 4.78 is 0. The fraction of sp³-hybridized carbons (Fsp3) is 0.889. The van der Waals surface area contributed by atoms with E-state index in [0.717, 1.165) is 13.0 Å². The van der Waals surface area contributed by atoms with Crippen molar-refractivity contribution in [2.45, 2.75) is 38.5 Å². The van der Waals surface area contributed by atoms with Gasteiger partial charge >= 0.3 is 13.1 Å². The maximum absolute atomic E-state index is 11.0. The minimum Gasteiger partial charge on any atom is -0.480 e. The average molecular weight is 215 g/mol. The molecule has 1 aliphatic rings. The maximum atomic E-state index is 11.0. The zero-order valence-electron chi connectivity index (χ0n) is 8.94. The Kier molecular flexibility index (Phi) is 4.13. The molecule has 1 aliphatic heterocycles. The third-order valence-electron chi connectivity index (χ3n) is 3.20. The molecule has 0 bridgehead atoms. The molecule has 1 fully saturated rings. The summed E-state index contributed by atoms with van der Waals surface area (Å²) in [4.78, 5) is 11.0. The van der Waals surface area contributed by atoms with Gasteiger partial charge in [0.1, 0.15) is 6.04 Å². The molecule has 2 unspecified atom stereocenters. The van der Waals surface area contributed by atoms with Crippen LogP contribution in [0.2, 0.25) is 6.32 Å². The molecule has 2 atom stereocenters. The monoisotopic (exact) mass is 215 g/mol. The number of rotatable bonds is 5. The Balaban J connectivity index is 2.46. The van der Waals surface area contributed by atoms with E-state index in [2.05, 4.69) is 5.32 Å². The van der Waals surface area contributed by atoms with Crippen molar-refractivity contribution in [1.29, 1.82) is 0 Å². The van der Waals surface area contributed by atoms with Crippen LogP contribution in [0.25, 0.3) is 0 Å². The smallest absolute Gasteiger partial charge is 0.451 e. The van der Waals surface area contributed by atoms with Gasteiger partial charge in [-0.15, -0.1) is 0 Å². The third kappa shape index (κ3) is 3.19. The van der Waals surface area contributed by atoms with Crippen molar-refractivity contribution in [3.8, 4) is 0 Å². The molecule has 0 aromatic rings. The predicted molar refractivity (Wildman–Crippen MR) is 56.4 cm³/mol. The Hall–Kier alpha value is -0.585. The van der Waals surface area contributed by atoms with Gasteiger partial charge in [0.2, 0.25) is 0 Å². The highest BCUT2D eigenvalue weighted by Crippen LogP contribution is 2.36. The highest BCUT2D eigenvalue weighted by atomic mass is 16.4. The fourth-order valence-electron chi connectivity index (χ4n) is 2.24. The molecular formula is C9H18BNO4. The molecule has 0 aromatic heterocycles. The molecule has 1 heterocycles. The van der Waals surface area contributed by atoms with Crippen LogP contribution < -0.4 is 5.32 Å². The van der Waals surface area contributed by atoms with E-state index in [0.29, 0.717) is 19.2 Å². The standard InChI is InChI=1S/C9H18BNO4/c1-9(3-2-5-10(14)15)4-6-11-7(9)8(12)13/h7,11,14-15H,2-6H2,1H3,(H,12,13). The van der Waals surface area contributed by atoms with Gasteiger partial charge in [-0.05, 0) is 31.1 Å². The number of carbonyl (C=O) groups is 1. The lowest BCUT2D eigenvalue weighted by Gasteiger charge is -2.28. The SMILES string of the molecule is CC1(CCCB(O)O)CCNC1C(=O)O. The molecule has 1 saturated heterocycles. The quantitative estimate of drug-likeness (QED) is 0.472. The molecule has 0 spiro atoms. The van der Waals surface area contributed by atoms with Crippen LogP contribution >= 0.6 is 0 Å². The molecule has 4 N–H and O–H groups in total. The lowest BCUT2D eigenvalue weighted by atomic mass is 9.74. The van der Waals surface area contributed by atoms with Crippen molar-refractivity contribution in [2.24, 2.45) is 5.41 Å². The van der Waals surface area contributed by atoms with Crippen molar-refractivity contribution in [1.82, 2.24) is 5.32 Å². The summed E-state index contributed by atoms with van der Waals surface area (Å²) in [5, 5.41) is 29.4. The van der Waals surface area contributed by atoms with Crippen molar-refractivity contribution >= 4 is 13.1 Å². The van der Waals surface area contributed by atoms with Gasteiger partial charge in [0, 0.05) is 0 Å². The molecule has 0 aliphatic carbocycles.